The SMILES string of the molecule is Fc1ccccc1CN1CCN(c2ncnc3ccccc23)CC1. The summed E-state index contributed by atoms with van der Waals surface area (Å²) in [7, 11) is 0. The Labute approximate surface area is 140 Å². The number of nitrogens with zero attached hydrogens (tertiary/aromatic N) is 4. The van der Waals surface area contributed by atoms with Crippen LogP contribution in [0.1, 0.15) is 5.56 Å². The van der Waals surface area contributed by atoms with E-state index in [2.05, 4.69) is 25.8 Å². The standard InChI is InChI=1S/C19H19FN4/c20-17-7-3-1-5-15(17)13-23-9-11-24(12-10-23)19-16-6-2-4-8-18(16)21-14-22-19/h1-8,14H,9-13H2. The van der Waals surface area contributed by atoms with Gasteiger partial charge in [-0.25, -0.2) is 14.4 Å². The molecule has 1 saturated heterocycles. The third-order valence-corrected chi connectivity index (χ3v) is 4.55. The van der Waals surface area contributed by atoms with Crippen molar-refractivity contribution in [2.45, 2.75) is 6.54 Å². The number of rotatable bonds is 3. The molecule has 0 N–H and O–H groups in total. The van der Waals surface area contributed by atoms with E-state index in [4.69, 9.17) is 0 Å². The Morgan fingerprint density at radius 2 is 1.62 bits per heavy atom. The summed E-state index contributed by atoms with van der Waals surface area (Å²) in [6.45, 7) is 4.22. The molecule has 0 aliphatic carbocycles. The van der Waals surface area contributed by atoms with E-state index in [0.29, 0.717) is 6.54 Å². The summed E-state index contributed by atoms with van der Waals surface area (Å²) in [5, 5.41) is 1.09. The van der Waals surface area contributed by atoms with Crippen LogP contribution >= 0.6 is 0 Å². The first-order chi connectivity index (χ1) is 11.8. The van der Waals surface area contributed by atoms with Gasteiger partial charge in [0.1, 0.15) is 18.0 Å². The molecule has 5 heteroatoms. The lowest BCUT2D eigenvalue weighted by Crippen LogP contribution is -2.46. The second-order valence-corrected chi connectivity index (χ2v) is 6.07. The highest BCUT2D eigenvalue weighted by Crippen LogP contribution is 2.24. The number of hydrogen-bond donors (Lipinski definition) is 0. The molecule has 0 bridgehead atoms. The van der Waals surface area contributed by atoms with E-state index in [1.165, 1.54) is 6.07 Å². The topological polar surface area (TPSA) is 32.3 Å². The molecule has 1 aliphatic rings. The van der Waals surface area contributed by atoms with E-state index in [0.717, 1.165) is 48.5 Å². The third-order valence-electron chi connectivity index (χ3n) is 4.55. The molecule has 2 aromatic carbocycles. The first-order valence-corrected chi connectivity index (χ1v) is 8.22. The van der Waals surface area contributed by atoms with E-state index in [1.807, 2.05) is 30.3 Å². The highest BCUT2D eigenvalue weighted by Gasteiger charge is 2.20. The first kappa shape index (κ1) is 15.0. The summed E-state index contributed by atoms with van der Waals surface area (Å²) in [5.74, 6) is 0.868. The molecule has 4 nitrogen and oxygen atoms in total. The summed E-state index contributed by atoms with van der Waals surface area (Å²) in [5.41, 5.74) is 1.73. The number of aromatic nitrogens is 2. The fourth-order valence-electron chi connectivity index (χ4n) is 3.23. The number of piperazine rings is 1. The zero-order valence-electron chi connectivity index (χ0n) is 13.4. The first-order valence-electron chi connectivity index (χ1n) is 8.22. The van der Waals surface area contributed by atoms with Gasteiger partial charge >= 0.3 is 0 Å². The quantitative estimate of drug-likeness (QED) is 0.742. The molecule has 2 heterocycles. The lowest BCUT2D eigenvalue weighted by molar-refractivity contribution is 0.246. The molecule has 0 spiro atoms. The highest BCUT2D eigenvalue weighted by atomic mass is 19.1. The lowest BCUT2D eigenvalue weighted by Gasteiger charge is -2.35. The molecule has 1 fully saturated rings. The van der Waals surface area contributed by atoms with E-state index in [1.54, 1.807) is 12.4 Å². The van der Waals surface area contributed by atoms with Crippen LogP contribution in [-0.4, -0.2) is 41.0 Å². The summed E-state index contributed by atoms with van der Waals surface area (Å²) in [4.78, 5) is 13.4. The van der Waals surface area contributed by atoms with Crippen molar-refractivity contribution in [2.24, 2.45) is 0 Å². The molecule has 1 aliphatic heterocycles. The van der Waals surface area contributed by atoms with Gasteiger partial charge in [-0.1, -0.05) is 30.3 Å². The average molecular weight is 322 g/mol. The molecular weight excluding hydrogens is 303 g/mol. The number of benzene rings is 2. The Balaban J connectivity index is 1.47. The summed E-state index contributed by atoms with van der Waals surface area (Å²) >= 11 is 0. The zero-order chi connectivity index (χ0) is 16.4. The molecule has 4 rings (SSSR count). The fourth-order valence-corrected chi connectivity index (χ4v) is 3.23. The molecule has 24 heavy (non-hydrogen) atoms. The van der Waals surface area contributed by atoms with Crippen molar-refractivity contribution in [3.63, 3.8) is 0 Å². The number of anilines is 1. The summed E-state index contributed by atoms with van der Waals surface area (Å²) in [6, 6.07) is 15.1. The summed E-state index contributed by atoms with van der Waals surface area (Å²) < 4.78 is 13.8. The van der Waals surface area contributed by atoms with Crippen molar-refractivity contribution in [3.05, 3.63) is 66.2 Å². The van der Waals surface area contributed by atoms with Crippen LogP contribution in [0.3, 0.4) is 0 Å². The number of para-hydroxylation sites is 1. The van der Waals surface area contributed by atoms with Gasteiger partial charge in [-0.2, -0.15) is 0 Å². The maximum absolute atomic E-state index is 13.8. The number of hydrogen-bond acceptors (Lipinski definition) is 4. The zero-order valence-corrected chi connectivity index (χ0v) is 13.4. The van der Waals surface area contributed by atoms with Crippen molar-refractivity contribution in [1.82, 2.24) is 14.9 Å². The van der Waals surface area contributed by atoms with Gasteiger partial charge in [-0.3, -0.25) is 4.90 Å². The van der Waals surface area contributed by atoms with Crippen LogP contribution in [0.2, 0.25) is 0 Å². The van der Waals surface area contributed by atoms with Crippen LogP contribution in [0.25, 0.3) is 10.9 Å². The smallest absolute Gasteiger partial charge is 0.139 e. The molecule has 0 saturated carbocycles. The van der Waals surface area contributed by atoms with Crippen LogP contribution in [0.15, 0.2) is 54.9 Å². The number of halogens is 1. The van der Waals surface area contributed by atoms with Gasteiger partial charge in [-0.15, -0.1) is 0 Å². The van der Waals surface area contributed by atoms with Crippen LogP contribution < -0.4 is 4.90 Å². The predicted octanol–water partition coefficient (Wildman–Crippen LogP) is 3.09. The maximum atomic E-state index is 13.8. The van der Waals surface area contributed by atoms with Crippen molar-refractivity contribution in [3.8, 4) is 0 Å². The van der Waals surface area contributed by atoms with Gasteiger partial charge in [-0.05, 0) is 18.2 Å². The van der Waals surface area contributed by atoms with Crippen LogP contribution in [0.5, 0.6) is 0 Å². The second kappa shape index (κ2) is 6.53. The monoisotopic (exact) mass is 322 g/mol. The Hall–Kier alpha value is -2.53. The minimum Gasteiger partial charge on any atom is -0.353 e. The van der Waals surface area contributed by atoms with Gasteiger partial charge in [0, 0.05) is 43.7 Å². The largest absolute Gasteiger partial charge is 0.353 e. The molecule has 0 amide bonds. The van der Waals surface area contributed by atoms with E-state index < -0.39 is 0 Å². The molecule has 0 radical (unpaired) electrons. The second-order valence-electron chi connectivity index (χ2n) is 6.07. The highest BCUT2D eigenvalue weighted by molar-refractivity contribution is 5.89. The Morgan fingerprint density at radius 1 is 0.875 bits per heavy atom. The van der Waals surface area contributed by atoms with E-state index in [-0.39, 0.29) is 5.82 Å². The normalized spacial score (nSPS) is 15.8. The molecular formula is C19H19FN4. The molecule has 122 valence electrons. The lowest BCUT2D eigenvalue weighted by atomic mass is 10.1. The Kier molecular flexibility index (Phi) is 4.09. The van der Waals surface area contributed by atoms with Gasteiger partial charge in [0.25, 0.3) is 0 Å². The van der Waals surface area contributed by atoms with E-state index in [9.17, 15) is 4.39 Å². The third kappa shape index (κ3) is 2.95. The minimum absolute atomic E-state index is 0.123. The Bertz CT molecular complexity index is 838. The summed E-state index contributed by atoms with van der Waals surface area (Å²) in [6.07, 6.45) is 1.63. The van der Waals surface area contributed by atoms with Crippen LogP contribution in [0, 0.1) is 5.82 Å². The van der Waals surface area contributed by atoms with Crippen molar-refractivity contribution in [2.75, 3.05) is 31.1 Å². The van der Waals surface area contributed by atoms with Gasteiger partial charge in [0.05, 0.1) is 5.52 Å². The van der Waals surface area contributed by atoms with Crippen LogP contribution in [0.4, 0.5) is 10.2 Å². The number of fused-ring (bicyclic) bond motifs is 1. The molecule has 3 aromatic rings. The molecule has 1 aromatic heterocycles. The Morgan fingerprint density at radius 3 is 2.46 bits per heavy atom. The van der Waals surface area contributed by atoms with Gasteiger partial charge in [0.2, 0.25) is 0 Å². The predicted molar refractivity (Wildman–Crippen MR) is 93.4 cm³/mol. The van der Waals surface area contributed by atoms with Crippen molar-refractivity contribution in [1.29, 1.82) is 0 Å². The molecule has 0 atom stereocenters. The molecule has 0 unspecified atom stereocenters. The average Bonchev–Trinajstić information content (AvgIpc) is 2.64. The van der Waals surface area contributed by atoms with Crippen LogP contribution in [-0.2, 0) is 6.54 Å². The van der Waals surface area contributed by atoms with Gasteiger partial charge in [0.15, 0.2) is 0 Å². The minimum atomic E-state index is -0.123. The maximum Gasteiger partial charge on any atom is 0.139 e. The fraction of sp³-hybridized carbons (Fsp3) is 0.263. The van der Waals surface area contributed by atoms with Crippen molar-refractivity contribution >= 4 is 16.7 Å². The van der Waals surface area contributed by atoms with E-state index >= 15 is 0 Å². The van der Waals surface area contributed by atoms with Crippen molar-refractivity contribution < 1.29 is 4.39 Å². The van der Waals surface area contributed by atoms with Gasteiger partial charge < -0.3 is 4.90 Å².